The second-order valence-corrected chi connectivity index (χ2v) is 7.93. The van der Waals surface area contributed by atoms with Crippen molar-refractivity contribution < 1.29 is 8.42 Å². The van der Waals surface area contributed by atoms with E-state index < -0.39 is 10.0 Å². The fraction of sp³-hybridized carbons (Fsp3) is 0.462. The third kappa shape index (κ3) is 3.91. The molecule has 6 nitrogen and oxygen atoms in total. The Bertz CT molecular complexity index is 704. The maximum Gasteiger partial charge on any atom is 0.250 e. The van der Waals surface area contributed by atoms with Crippen LogP contribution in [0.2, 0.25) is 0 Å². The molecule has 0 amide bonds. The summed E-state index contributed by atoms with van der Waals surface area (Å²) in [5, 5.41) is 7.10. The minimum absolute atomic E-state index is 0.361. The highest BCUT2D eigenvalue weighted by molar-refractivity contribution is 7.91. The molecule has 0 saturated heterocycles. The van der Waals surface area contributed by atoms with Gasteiger partial charge in [-0.25, -0.2) is 13.1 Å². The van der Waals surface area contributed by atoms with Crippen molar-refractivity contribution in [3.63, 3.8) is 0 Å². The third-order valence-corrected chi connectivity index (χ3v) is 6.37. The van der Waals surface area contributed by atoms with Gasteiger partial charge in [-0.1, -0.05) is 0 Å². The predicted octanol–water partition coefficient (Wildman–Crippen LogP) is 1.03. The van der Waals surface area contributed by atoms with E-state index in [9.17, 15) is 8.42 Å². The van der Waals surface area contributed by atoms with E-state index in [1.807, 2.05) is 27.1 Å². The summed E-state index contributed by atoms with van der Waals surface area (Å²) in [6.07, 6.45) is 2.32. The fourth-order valence-electron chi connectivity index (χ4n) is 1.99. The number of nitrogens with one attached hydrogen (secondary N) is 2. The normalized spacial score (nSPS) is 12.0. The molecule has 2 heterocycles. The molecular weight excluding hydrogens is 308 g/mol. The predicted molar refractivity (Wildman–Crippen MR) is 83.9 cm³/mol. The lowest BCUT2D eigenvalue weighted by Gasteiger charge is -2.05. The molecule has 2 rings (SSSR count). The smallest absolute Gasteiger partial charge is 0.250 e. The molecule has 21 heavy (non-hydrogen) atoms. The summed E-state index contributed by atoms with van der Waals surface area (Å²) in [6, 6.07) is 3.61. The van der Waals surface area contributed by atoms with Crippen LogP contribution in [0.25, 0.3) is 0 Å². The highest BCUT2D eigenvalue weighted by atomic mass is 32.2. The van der Waals surface area contributed by atoms with Gasteiger partial charge in [0.15, 0.2) is 0 Å². The molecule has 0 unspecified atom stereocenters. The lowest BCUT2D eigenvalue weighted by Crippen LogP contribution is -2.25. The van der Waals surface area contributed by atoms with Crippen molar-refractivity contribution in [2.24, 2.45) is 7.05 Å². The lowest BCUT2D eigenvalue weighted by molar-refractivity contribution is 0.582. The van der Waals surface area contributed by atoms with Gasteiger partial charge in [-0.2, -0.15) is 5.10 Å². The van der Waals surface area contributed by atoms with Crippen molar-refractivity contribution in [2.45, 2.75) is 24.1 Å². The average Bonchev–Trinajstić information content (AvgIpc) is 2.98. The zero-order valence-corrected chi connectivity index (χ0v) is 14.0. The molecule has 0 radical (unpaired) electrons. The molecule has 0 atom stereocenters. The zero-order chi connectivity index (χ0) is 15.5. The van der Waals surface area contributed by atoms with Gasteiger partial charge in [0, 0.05) is 43.3 Å². The first kappa shape index (κ1) is 16.2. The number of aromatic nitrogens is 2. The Morgan fingerprint density at radius 2 is 2.19 bits per heavy atom. The van der Waals surface area contributed by atoms with Crippen LogP contribution in [0.15, 0.2) is 22.5 Å². The second-order valence-electron chi connectivity index (χ2n) is 4.80. The van der Waals surface area contributed by atoms with Crippen LogP contribution in [0.5, 0.6) is 0 Å². The van der Waals surface area contributed by atoms with Gasteiger partial charge in [0.05, 0.1) is 0 Å². The van der Waals surface area contributed by atoms with Crippen molar-refractivity contribution in [1.82, 2.24) is 19.8 Å². The maximum atomic E-state index is 12.3. The van der Waals surface area contributed by atoms with E-state index in [2.05, 4.69) is 15.1 Å². The first-order valence-corrected chi connectivity index (χ1v) is 8.94. The van der Waals surface area contributed by atoms with Crippen LogP contribution in [0.4, 0.5) is 0 Å². The Labute approximate surface area is 129 Å². The molecule has 0 aliphatic carbocycles. The molecule has 0 bridgehead atoms. The first-order valence-electron chi connectivity index (χ1n) is 6.64. The monoisotopic (exact) mass is 328 g/mol. The van der Waals surface area contributed by atoms with Gasteiger partial charge >= 0.3 is 0 Å². The quantitative estimate of drug-likeness (QED) is 0.796. The van der Waals surface area contributed by atoms with Crippen molar-refractivity contribution >= 4 is 21.4 Å². The van der Waals surface area contributed by atoms with Crippen LogP contribution < -0.4 is 10.0 Å². The van der Waals surface area contributed by atoms with Crippen LogP contribution in [0.3, 0.4) is 0 Å². The van der Waals surface area contributed by atoms with Gasteiger partial charge < -0.3 is 5.32 Å². The number of hydrogen-bond acceptors (Lipinski definition) is 5. The topological polar surface area (TPSA) is 76.0 Å². The molecule has 0 aromatic carbocycles. The fourth-order valence-corrected chi connectivity index (χ4v) is 4.67. The summed E-state index contributed by atoms with van der Waals surface area (Å²) in [5.41, 5.74) is 2.00. The molecule has 2 aromatic heterocycles. The van der Waals surface area contributed by atoms with Crippen LogP contribution in [0, 0.1) is 6.92 Å². The average molecular weight is 328 g/mol. The maximum absolute atomic E-state index is 12.3. The van der Waals surface area contributed by atoms with E-state index in [1.54, 1.807) is 16.9 Å². The van der Waals surface area contributed by atoms with Crippen LogP contribution in [-0.4, -0.2) is 31.8 Å². The summed E-state index contributed by atoms with van der Waals surface area (Å²) < 4.78 is 29.3. The molecule has 0 aliphatic rings. The molecule has 8 heteroatoms. The zero-order valence-electron chi connectivity index (χ0n) is 12.4. The Morgan fingerprint density at radius 3 is 2.81 bits per heavy atom. The molecule has 0 fully saturated rings. The Hall–Kier alpha value is -1.22. The number of aryl methyl sites for hydroxylation is 2. The van der Waals surface area contributed by atoms with Crippen molar-refractivity contribution in [1.29, 1.82) is 0 Å². The summed E-state index contributed by atoms with van der Waals surface area (Å²) >= 11 is 1.31. The molecular formula is C13H20N4O2S2. The largest absolute Gasteiger partial charge is 0.315 e. The third-order valence-electron chi connectivity index (χ3n) is 3.20. The Kier molecular flexibility index (Phi) is 5.15. The van der Waals surface area contributed by atoms with Gasteiger partial charge in [0.25, 0.3) is 0 Å². The minimum Gasteiger partial charge on any atom is -0.315 e. The highest BCUT2D eigenvalue weighted by Crippen LogP contribution is 2.25. The first-order chi connectivity index (χ1) is 9.94. The SMILES string of the molecule is CNCc1sc(S(=O)(=O)NCCc2ccnn2C)cc1C. The molecule has 0 spiro atoms. The number of nitrogens with zero attached hydrogens (tertiary/aromatic N) is 2. The van der Waals surface area contributed by atoms with Crippen LogP contribution in [-0.2, 0) is 30.0 Å². The summed E-state index contributed by atoms with van der Waals surface area (Å²) in [7, 11) is 0.255. The van der Waals surface area contributed by atoms with Crippen molar-refractivity contribution in [3.8, 4) is 0 Å². The van der Waals surface area contributed by atoms with Crippen molar-refractivity contribution in [3.05, 3.63) is 34.5 Å². The number of thiophene rings is 1. The van der Waals surface area contributed by atoms with E-state index >= 15 is 0 Å². The van der Waals surface area contributed by atoms with E-state index in [0.29, 0.717) is 23.7 Å². The number of sulfonamides is 1. The molecule has 2 N–H and O–H groups in total. The Morgan fingerprint density at radius 1 is 1.43 bits per heavy atom. The standard InChI is InChI=1S/C13H20N4O2S2/c1-10-8-13(20-12(10)9-14-2)21(18,19)16-7-5-11-4-6-15-17(11)3/h4,6,8,14,16H,5,7,9H2,1-3H3. The summed E-state index contributed by atoms with van der Waals surface area (Å²) in [5.74, 6) is 0. The molecule has 0 aliphatic heterocycles. The van der Waals surface area contributed by atoms with E-state index in [1.165, 1.54) is 11.3 Å². The van der Waals surface area contributed by atoms with Gasteiger partial charge in [0.1, 0.15) is 4.21 Å². The van der Waals surface area contributed by atoms with Crippen LogP contribution in [0.1, 0.15) is 16.1 Å². The van der Waals surface area contributed by atoms with E-state index in [0.717, 1.165) is 16.1 Å². The van der Waals surface area contributed by atoms with E-state index in [-0.39, 0.29) is 0 Å². The number of hydrogen-bond donors (Lipinski definition) is 2. The summed E-state index contributed by atoms with van der Waals surface area (Å²) in [4.78, 5) is 1.05. The van der Waals surface area contributed by atoms with Gasteiger partial charge in [-0.15, -0.1) is 11.3 Å². The van der Waals surface area contributed by atoms with Crippen LogP contribution >= 0.6 is 11.3 Å². The highest BCUT2D eigenvalue weighted by Gasteiger charge is 2.18. The van der Waals surface area contributed by atoms with E-state index in [4.69, 9.17) is 0 Å². The second kappa shape index (κ2) is 6.69. The molecule has 2 aromatic rings. The van der Waals surface area contributed by atoms with Gasteiger partial charge in [-0.05, 0) is 31.7 Å². The van der Waals surface area contributed by atoms with Gasteiger partial charge in [-0.3, -0.25) is 4.68 Å². The lowest BCUT2D eigenvalue weighted by atomic mass is 10.3. The van der Waals surface area contributed by atoms with Gasteiger partial charge in [0.2, 0.25) is 10.0 Å². The number of rotatable bonds is 7. The Balaban J connectivity index is 2.01. The summed E-state index contributed by atoms with van der Waals surface area (Å²) in [6.45, 7) is 2.97. The molecule has 0 saturated carbocycles. The molecule has 116 valence electrons. The van der Waals surface area contributed by atoms with Crippen molar-refractivity contribution in [2.75, 3.05) is 13.6 Å². The minimum atomic E-state index is -3.44.